The number of ether oxygens (including phenoxy) is 2. The third kappa shape index (κ3) is 4.41. The Bertz CT molecular complexity index is 743. The van der Waals surface area contributed by atoms with Crippen LogP contribution in [0.15, 0.2) is 30.6 Å². The molecule has 26 heavy (non-hydrogen) atoms. The van der Waals surface area contributed by atoms with E-state index < -0.39 is 0 Å². The number of amides is 1. The van der Waals surface area contributed by atoms with E-state index >= 15 is 0 Å². The van der Waals surface area contributed by atoms with Crippen molar-refractivity contribution in [3.8, 4) is 11.5 Å². The molecule has 1 fully saturated rings. The maximum atomic E-state index is 12.4. The summed E-state index contributed by atoms with van der Waals surface area (Å²) in [4.78, 5) is 21.0. The largest absolute Gasteiger partial charge is 0.497 e. The van der Waals surface area contributed by atoms with E-state index in [4.69, 9.17) is 9.47 Å². The first-order valence-electron chi connectivity index (χ1n) is 8.81. The topological polar surface area (TPSA) is 85.4 Å². The number of methoxy groups -OCH3 is 2. The molecule has 0 atom stereocenters. The van der Waals surface area contributed by atoms with Crippen LogP contribution in [0, 0.1) is 0 Å². The number of hydrogen-bond acceptors (Lipinski definition) is 6. The van der Waals surface area contributed by atoms with Crippen LogP contribution >= 0.6 is 0 Å². The van der Waals surface area contributed by atoms with Gasteiger partial charge in [0, 0.05) is 12.1 Å². The van der Waals surface area contributed by atoms with E-state index in [0.717, 1.165) is 12.8 Å². The Morgan fingerprint density at radius 3 is 2.54 bits per heavy atom. The molecule has 0 aliphatic heterocycles. The number of carbonyl (C=O) groups excluding carboxylic acids is 1. The number of rotatable bonds is 6. The van der Waals surface area contributed by atoms with E-state index in [-0.39, 0.29) is 11.6 Å². The van der Waals surface area contributed by atoms with E-state index in [9.17, 15) is 4.79 Å². The number of aromatic nitrogens is 2. The van der Waals surface area contributed by atoms with E-state index in [2.05, 4.69) is 20.6 Å². The zero-order valence-corrected chi connectivity index (χ0v) is 15.1. The summed E-state index contributed by atoms with van der Waals surface area (Å²) in [5.74, 6) is 1.53. The summed E-state index contributed by atoms with van der Waals surface area (Å²) in [7, 11) is 3.11. The van der Waals surface area contributed by atoms with Crippen molar-refractivity contribution in [1.82, 2.24) is 9.97 Å². The predicted molar refractivity (Wildman–Crippen MR) is 100 cm³/mol. The Balaban J connectivity index is 1.64. The summed E-state index contributed by atoms with van der Waals surface area (Å²) in [5.41, 5.74) is 0.793. The summed E-state index contributed by atoms with van der Waals surface area (Å²) >= 11 is 0. The quantitative estimate of drug-likeness (QED) is 0.824. The van der Waals surface area contributed by atoms with Crippen molar-refractivity contribution in [3.05, 3.63) is 36.3 Å². The Morgan fingerprint density at radius 2 is 1.88 bits per heavy atom. The normalized spacial score (nSPS) is 14.5. The molecule has 2 aromatic rings. The third-order valence-electron chi connectivity index (χ3n) is 4.50. The fourth-order valence-electron chi connectivity index (χ4n) is 3.06. The van der Waals surface area contributed by atoms with Gasteiger partial charge < -0.3 is 20.1 Å². The second-order valence-corrected chi connectivity index (χ2v) is 6.29. The van der Waals surface area contributed by atoms with Gasteiger partial charge in [0.1, 0.15) is 23.0 Å². The second kappa shape index (κ2) is 8.51. The highest BCUT2D eigenvalue weighted by molar-refractivity contribution is 6.03. The van der Waals surface area contributed by atoms with E-state index in [1.807, 2.05) is 0 Å². The monoisotopic (exact) mass is 356 g/mol. The number of benzene rings is 1. The molecule has 1 amide bonds. The molecule has 1 aliphatic carbocycles. The lowest BCUT2D eigenvalue weighted by atomic mass is 9.96. The van der Waals surface area contributed by atoms with Crippen molar-refractivity contribution >= 4 is 17.4 Å². The number of carbonyl (C=O) groups is 1. The maximum Gasteiger partial charge on any atom is 0.275 e. The van der Waals surface area contributed by atoms with Gasteiger partial charge in [0.2, 0.25) is 0 Å². The van der Waals surface area contributed by atoms with Crippen molar-refractivity contribution in [2.24, 2.45) is 0 Å². The fraction of sp³-hybridized carbons (Fsp3) is 0.421. The second-order valence-electron chi connectivity index (χ2n) is 6.29. The van der Waals surface area contributed by atoms with Crippen LogP contribution in [0.3, 0.4) is 0 Å². The Kier molecular flexibility index (Phi) is 5.88. The van der Waals surface area contributed by atoms with Gasteiger partial charge in [0.25, 0.3) is 5.91 Å². The van der Waals surface area contributed by atoms with Gasteiger partial charge in [0.05, 0.1) is 32.3 Å². The summed E-state index contributed by atoms with van der Waals surface area (Å²) in [6.45, 7) is 0. The van der Waals surface area contributed by atoms with E-state index in [1.165, 1.54) is 32.6 Å². The highest BCUT2D eigenvalue weighted by Crippen LogP contribution is 2.29. The minimum absolute atomic E-state index is 0.247. The first-order valence-corrected chi connectivity index (χ1v) is 8.81. The fourth-order valence-corrected chi connectivity index (χ4v) is 3.06. The van der Waals surface area contributed by atoms with Crippen molar-refractivity contribution in [2.75, 3.05) is 24.9 Å². The van der Waals surface area contributed by atoms with Gasteiger partial charge in [-0.15, -0.1) is 0 Å². The predicted octanol–water partition coefficient (Wildman–Crippen LogP) is 3.49. The average molecular weight is 356 g/mol. The number of hydrogen-bond donors (Lipinski definition) is 2. The summed E-state index contributed by atoms with van der Waals surface area (Å²) in [6, 6.07) is 5.63. The Labute approximate surface area is 153 Å². The van der Waals surface area contributed by atoms with Gasteiger partial charge in [-0.05, 0) is 25.0 Å². The molecule has 0 radical (unpaired) electrons. The molecule has 138 valence electrons. The van der Waals surface area contributed by atoms with Crippen LogP contribution in [-0.4, -0.2) is 36.1 Å². The van der Waals surface area contributed by atoms with E-state index in [0.29, 0.717) is 29.0 Å². The SMILES string of the molecule is COc1ccc(NC(=O)c2cnc(NC3CCCCC3)cn2)c(OC)c1. The molecule has 1 aromatic heterocycles. The molecule has 1 aromatic carbocycles. The van der Waals surface area contributed by atoms with Crippen LogP contribution in [0.2, 0.25) is 0 Å². The molecule has 7 nitrogen and oxygen atoms in total. The molecule has 1 saturated carbocycles. The zero-order chi connectivity index (χ0) is 18.4. The molecule has 3 rings (SSSR count). The lowest BCUT2D eigenvalue weighted by Gasteiger charge is -2.23. The number of nitrogens with one attached hydrogen (secondary N) is 2. The molecule has 0 spiro atoms. The van der Waals surface area contributed by atoms with Crippen molar-refractivity contribution < 1.29 is 14.3 Å². The van der Waals surface area contributed by atoms with Crippen LogP contribution in [0.25, 0.3) is 0 Å². The number of nitrogens with zero attached hydrogens (tertiary/aromatic N) is 2. The van der Waals surface area contributed by atoms with Gasteiger partial charge in [0.15, 0.2) is 0 Å². The highest BCUT2D eigenvalue weighted by atomic mass is 16.5. The first kappa shape index (κ1) is 18.0. The van der Waals surface area contributed by atoms with Crippen LogP contribution < -0.4 is 20.1 Å². The molecule has 0 unspecified atom stereocenters. The Hall–Kier alpha value is -2.83. The van der Waals surface area contributed by atoms with Gasteiger partial charge in [-0.25, -0.2) is 9.97 Å². The van der Waals surface area contributed by atoms with Gasteiger partial charge in [-0.1, -0.05) is 19.3 Å². The molecule has 0 saturated heterocycles. The van der Waals surface area contributed by atoms with Crippen LogP contribution in [0.5, 0.6) is 11.5 Å². The molecular formula is C19H24N4O3. The molecular weight excluding hydrogens is 332 g/mol. The summed E-state index contributed by atoms with van der Waals surface area (Å²) in [6.07, 6.45) is 9.19. The third-order valence-corrected chi connectivity index (χ3v) is 4.50. The Morgan fingerprint density at radius 1 is 1.08 bits per heavy atom. The van der Waals surface area contributed by atoms with Crippen LogP contribution in [0.1, 0.15) is 42.6 Å². The lowest BCUT2D eigenvalue weighted by molar-refractivity contribution is 0.102. The van der Waals surface area contributed by atoms with Crippen LogP contribution in [0.4, 0.5) is 11.5 Å². The summed E-state index contributed by atoms with van der Waals surface area (Å²) in [5, 5.41) is 6.18. The zero-order valence-electron chi connectivity index (χ0n) is 15.1. The molecule has 1 heterocycles. The van der Waals surface area contributed by atoms with Gasteiger partial charge >= 0.3 is 0 Å². The van der Waals surface area contributed by atoms with Crippen LogP contribution in [-0.2, 0) is 0 Å². The minimum Gasteiger partial charge on any atom is -0.497 e. The van der Waals surface area contributed by atoms with Crippen molar-refractivity contribution in [3.63, 3.8) is 0 Å². The van der Waals surface area contributed by atoms with E-state index in [1.54, 1.807) is 31.5 Å². The molecule has 0 bridgehead atoms. The summed E-state index contributed by atoms with van der Waals surface area (Å²) < 4.78 is 10.4. The van der Waals surface area contributed by atoms with Crippen molar-refractivity contribution in [2.45, 2.75) is 38.1 Å². The van der Waals surface area contributed by atoms with Gasteiger partial charge in [-0.3, -0.25) is 4.79 Å². The highest BCUT2D eigenvalue weighted by Gasteiger charge is 2.15. The van der Waals surface area contributed by atoms with Gasteiger partial charge in [-0.2, -0.15) is 0 Å². The molecule has 2 N–H and O–H groups in total. The molecule has 7 heteroatoms. The maximum absolute atomic E-state index is 12.4. The van der Waals surface area contributed by atoms with Crippen molar-refractivity contribution in [1.29, 1.82) is 0 Å². The lowest BCUT2D eigenvalue weighted by Crippen LogP contribution is -2.23. The molecule has 1 aliphatic rings. The first-order chi connectivity index (χ1) is 12.7. The standard InChI is InChI=1S/C19H24N4O3/c1-25-14-8-9-15(17(10-14)26-2)23-19(24)16-11-21-18(12-20-16)22-13-6-4-3-5-7-13/h8-13H,3-7H2,1-2H3,(H,21,22)(H,23,24). The smallest absolute Gasteiger partial charge is 0.275 e. The number of anilines is 2. The minimum atomic E-state index is -0.342. The average Bonchev–Trinajstić information content (AvgIpc) is 2.69.